The number of carbonyl (C=O) groups is 1. The fraction of sp³-hybridized carbons (Fsp3) is 0.750. The zero-order valence-corrected chi connectivity index (χ0v) is 13.4. The standard InChI is InChI=1S/C12H22N4OS2/c1-4-5-6-13-10(17)8-18-12-16-15-11(19-12)14-7-9(2)3/h9H,4-8H2,1-3H3,(H,13,17)(H,14,15). The number of amides is 1. The van der Waals surface area contributed by atoms with Gasteiger partial charge in [-0.3, -0.25) is 4.79 Å². The van der Waals surface area contributed by atoms with Gasteiger partial charge in [0.2, 0.25) is 11.0 Å². The van der Waals surface area contributed by atoms with Crippen molar-refractivity contribution in [3.63, 3.8) is 0 Å². The Kier molecular flexibility index (Phi) is 7.81. The van der Waals surface area contributed by atoms with Crippen molar-refractivity contribution in [1.82, 2.24) is 15.5 Å². The molecule has 1 aromatic rings. The van der Waals surface area contributed by atoms with E-state index in [1.165, 1.54) is 23.1 Å². The van der Waals surface area contributed by atoms with Crippen LogP contribution in [0.4, 0.5) is 5.13 Å². The van der Waals surface area contributed by atoms with E-state index in [0.29, 0.717) is 11.7 Å². The van der Waals surface area contributed by atoms with E-state index in [2.05, 4.69) is 41.6 Å². The Balaban J connectivity index is 2.24. The van der Waals surface area contributed by atoms with Crippen molar-refractivity contribution in [3.8, 4) is 0 Å². The molecule has 0 saturated heterocycles. The number of hydrogen-bond donors (Lipinski definition) is 2. The van der Waals surface area contributed by atoms with Crippen LogP contribution >= 0.6 is 23.1 Å². The highest BCUT2D eigenvalue weighted by Gasteiger charge is 2.07. The molecule has 0 saturated carbocycles. The SMILES string of the molecule is CCCCNC(=O)CSc1nnc(NCC(C)C)s1. The van der Waals surface area contributed by atoms with Gasteiger partial charge in [0, 0.05) is 13.1 Å². The minimum atomic E-state index is 0.0605. The Bertz CT molecular complexity index is 382. The van der Waals surface area contributed by atoms with Crippen LogP contribution in [0.5, 0.6) is 0 Å². The van der Waals surface area contributed by atoms with Crippen LogP contribution in [0.15, 0.2) is 4.34 Å². The number of carbonyl (C=O) groups excluding carboxylic acids is 1. The molecule has 0 radical (unpaired) electrons. The average Bonchev–Trinajstić information content (AvgIpc) is 2.82. The van der Waals surface area contributed by atoms with Crippen LogP contribution in [-0.2, 0) is 4.79 Å². The second kappa shape index (κ2) is 9.14. The highest BCUT2D eigenvalue weighted by atomic mass is 32.2. The van der Waals surface area contributed by atoms with Gasteiger partial charge in [-0.05, 0) is 12.3 Å². The summed E-state index contributed by atoms with van der Waals surface area (Å²) in [7, 11) is 0. The number of rotatable bonds is 9. The van der Waals surface area contributed by atoms with E-state index in [4.69, 9.17) is 0 Å². The Labute approximate surface area is 123 Å². The van der Waals surface area contributed by atoms with E-state index < -0.39 is 0 Å². The quantitative estimate of drug-likeness (QED) is 0.542. The minimum Gasteiger partial charge on any atom is -0.360 e. The number of thioether (sulfide) groups is 1. The molecule has 5 nitrogen and oxygen atoms in total. The molecule has 0 atom stereocenters. The monoisotopic (exact) mass is 302 g/mol. The molecule has 0 fully saturated rings. The maximum Gasteiger partial charge on any atom is 0.230 e. The van der Waals surface area contributed by atoms with Crippen molar-refractivity contribution in [3.05, 3.63) is 0 Å². The third-order valence-electron chi connectivity index (χ3n) is 2.25. The van der Waals surface area contributed by atoms with Crippen LogP contribution < -0.4 is 10.6 Å². The number of aromatic nitrogens is 2. The predicted molar refractivity (Wildman–Crippen MR) is 81.9 cm³/mol. The number of hydrogen-bond acceptors (Lipinski definition) is 6. The highest BCUT2D eigenvalue weighted by molar-refractivity contribution is 8.01. The maximum absolute atomic E-state index is 11.5. The van der Waals surface area contributed by atoms with E-state index in [-0.39, 0.29) is 5.91 Å². The summed E-state index contributed by atoms with van der Waals surface area (Å²) in [5.41, 5.74) is 0. The van der Waals surface area contributed by atoms with Crippen LogP contribution in [0, 0.1) is 5.92 Å². The van der Waals surface area contributed by atoms with Crippen LogP contribution in [0.25, 0.3) is 0 Å². The second-order valence-corrected chi connectivity index (χ2v) is 6.84. The molecule has 1 rings (SSSR count). The van der Waals surface area contributed by atoms with E-state index in [9.17, 15) is 4.79 Å². The van der Waals surface area contributed by atoms with Gasteiger partial charge in [0.1, 0.15) is 0 Å². The Morgan fingerprint density at radius 1 is 1.42 bits per heavy atom. The van der Waals surface area contributed by atoms with Crippen molar-refractivity contribution in [2.24, 2.45) is 5.92 Å². The first-order valence-corrected chi connectivity index (χ1v) is 8.39. The lowest BCUT2D eigenvalue weighted by Gasteiger charge is -2.03. The summed E-state index contributed by atoms with van der Waals surface area (Å²) in [5, 5.41) is 15.0. The zero-order valence-electron chi connectivity index (χ0n) is 11.7. The Morgan fingerprint density at radius 3 is 2.89 bits per heavy atom. The molecule has 7 heteroatoms. The molecule has 0 aliphatic rings. The molecule has 1 heterocycles. The molecule has 1 amide bonds. The Morgan fingerprint density at radius 2 is 2.21 bits per heavy atom. The normalized spacial score (nSPS) is 10.7. The third-order valence-corrected chi connectivity index (χ3v) is 4.26. The molecule has 0 aromatic carbocycles. The van der Waals surface area contributed by atoms with Gasteiger partial charge in [-0.1, -0.05) is 50.3 Å². The minimum absolute atomic E-state index is 0.0605. The predicted octanol–water partition coefficient (Wildman–Crippen LogP) is 2.61. The molecule has 0 aliphatic heterocycles. The van der Waals surface area contributed by atoms with Crippen LogP contribution in [0.1, 0.15) is 33.6 Å². The lowest BCUT2D eigenvalue weighted by atomic mass is 10.2. The lowest BCUT2D eigenvalue weighted by molar-refractivity contribution is -0.118. The number of unbranched alkanes of at least 4 members (excludes halogenated alkanes) is 1. The fourth-order valence-electron chi connectivity index (χ4n) is 1.21. The van der Waals surface area contributed by atoms with Gasteiger partial charge in [0.05, 0.1) is 5.75 Å². The third kappa shape index (κ3) is 7.37. The van der Waals surface area contributed by atoms with E-state index >= 15 is 0 Å². The first-order chi connectivity index (χ1) is 9.11. The van der Waals surface area contributed by atoms with Crippen molar-refractivity contribution >= 4 is 34.1 Å². The van der Waals surface area contributed by atoms with Crippen molar-refractivity contribution in [2.45, 2.75) is 38.0 Å². The first kappa shape index (κ1) is 16.2. The molecule has 0 aliphatic carbocycles. The van der Waals surface area contributed by atoms with E-state index in [0.717, 1.165) is 35.4 Å². The number of nitrogens with one attached hydrogen (secondary N) is 2. The lowest BCUT2D eigenvalue weighted by Crippen LogP contribution is -2.25. The van der Waals surface area contributed by atoms with Crippen molar-refractivity contribution < 1.29 is 4.79 Å². The van der Waals surface area contributed by atoms with Gasteiger partial charge in [-0.2, -0.15) is 0 Å². The number of anilines is 1. The van der Waals surface area contributed by atoms with E-state index in [1.54, 1.807) is 0 Å². The van der Waals surface area contributed by atoms with Crippen LogP contribution in [0.2, 0.25) is 0 Å². The van der Waals surface area contributed by atoms with Gasteiger partial charge in [0.15, 0.2) is 4.34 Å². The maximum atomic E-state index is 11.5. The molecular weight excluding hydrogens is 280 g/mol. The van der Waals surface area contributed by atoms with Gasteiger partial charge >= 0.3 is 0 Å². The number of nitrogens with zero attached hydrogens (tertiary/aromatic N) is 2. The molecular formula is C12H22N4OS2. The average molecular weight is 302 g/mol. The summed E-state index contributed by atoms with van der Waals surface area (Å²) < 4.78 is 0.830. The van der Waals surface area contributed by atoms with Crippen LogP contribution in [0.3, 0.4) is 0 Å². The van der Waals surface area contributed by atoms with Crippen molar-refractivity contribution in [2.75, 3.05) is 24.2 Å². The smallest absolute Gasteiger partial charge is 0.230 e. The Hall–Kier alpha value is -0.820. The summed E-state index contributed by atoms with van der Waals surface area (Å²) in [6.07, 6.45) is 2.12. The van der Waals surface area contributed by atoms with Gasteiger partial charge in [-0.25, -0.2) is 0 Å². The largest absolute Gasteiger partial charge is 0.360 e. The molecule has 2 N–H and O–H groups in total. The highest BCUT2D eigenvalue weighted by Crippen LogP contribution is 2.25. The fourth-order valence-corrected chi connectivity index (χ4v) is 2.80. The molecule has 1 aromatic heterocycles. The zero-order chi connectivity index (χ0) is 14.1. The van der Waals surface area contributed by atoms with Gasteiger partial charge in [-0.15, -0.1) is 10.2 Å². The second-order valence-electron chi connectivity index (χ2n) is 4.64. The van der Waals surface area contributed by atoms with E-state index in [1.807, 2.05) is 0 Å². The molecule has 19 heavy (non-hydrogen) atoms. The van der Waals surface area contributed by atoms with Crippen molar-refractivity contribution in [1.29, 1.82) is 0 Å². The summed E-state index contributed by atoms with van der Waals surface area (Å²) in [4.78, 5) is 11.5. The van der Waals surface area contributed by atoms with Gasteiger partial charge < -0.3 is 10.6 Å². The summed E-state index contributed by atoms with van der Waals surface area (Å²) in [6, 6.07) is 0. The molecule has 0 spiro atoms. The summed E-state index contributed by atoms with van der Waals surface area (Å²) in [6.45, 7) is 8.03. The topological polar surface area (TPSA) is 66.9 Å². The summed E-state index contributed by atoms with van der Waals surface area (Å²) >= 11 is 2.93. The molecule has 0 unspecified atom stereocenters. The molecule has 0 bridgehead atoms. The first-order valence-electron chi connectivity index (χ1n) is 6.58. The molecule has 108 valence electrons. The van der Waals surface area contributed by atoms with Gasteiger partial charge in [0.25, 0.3) is 0 Å². The van der Waals surface area contributed by atoms with Crippen LogP contribution in [-0.4, -0.2) is 34.9 Å². The summed E-state index contributed by atoms with van der Waals surface area (Å²) in [5.74, 6) is 1.04.